The Labute approximate surface area is 87.7 Å². The molecule has 2 rings (SSSR count). The number of hydrogen-bond acceptors (Lipinski definition) is 3. The van der Waals surface area contributed by atoms with Crippen molar-refractivity contribution < 1.29 is 4.74 Å². The number of aromatic nitrogens is 2. The highest BCUT2D eigenvalue weighted by Gasteiger charge is 2.13. The van der Waals surface area contributed by atoms with Crippen molar-refractivity contribution in [2.45, 2.75) is 13.8 Å². The summed E-state index contributed by atoms with van der Waals surface area (Å²) in [5.41, 5.74) is 2.96. The fourth-order valence-electron chi connectivity index (χ4n) is 1.73. The lowest BCUT2D eigenvalue weighted by molar-refractivity contribution is 0.410. The molecule has 0 unspecified atom stereocenters. The van der Waals surface area contributed by atoms with Crippen LogP contribution in [0.5, 0.6) is 5.75 Å². The molecule has 0 amide bonds. The van der Waals surface area contributed by atoms with E-state index < -0.39 is 0 Å². The lowest BCUT2D eigenvalue weighted by Crippen LogP contribution is -1.97. The number of rotatable bonds is 1. The summed E-state index contributed by atoms with van der Waals surface area (Å²) in [7, 11) is 1.56. The van der Waals surface area contributed by atoms with Gasteiger partial charge in [0.15, 0.2) is 5.65 Å². The molecular formula is C11H11N3O. The predicted octanol–water partition coefficient (Wildman–Crippen LogP) is 1.83. The van der Waals surface area contributed by atoms with Gasteiger partial charge in [0.1, 0.15) is 17.4 Å². The van der Waals surface area contributed by atoms with E-state index in [0.717, 1.165) is 11.3 Å². The van der Waals surface area contributed by atoms with Crippen LogP contribution in [-0.2, 0) is 0 Å². The Morgan fingerprint density at radius 2 is 2.13 bits per heavy atom. The molecule has 0 saturated heterocycles. The zero-order chi connectivity index (χ0) is 11.0. The van der Waals surface area contributed by atoms with E-state index in [1.807, 2.05) is 30.6 Å². The van der Waals surface area contributed by atoms with E-state index in [1.54, 1.807) is 7.11 Å². The van der Waals surface area contributed by atoms with Gasteiger partial charge in [0.05, 0.1) is 12.8 Å². The Hall–Kier alpha value is -2.02. The molecule has 0 N–H and O–H groups in total. The first-order chi connectivity index (χ1) is 7.17. The smallest absolute Gasteiger partial charge is 0.158 e. The summed E-state index contributed by atoms with van der Waals surface area (Å²) in [6.45, 7) is 3.81. The molecule has 0 aliphatic rings. The van der Waals surface area contributed by atoms with E-state index >= 15 is 0 Å². The number of nitrogens with zero attached hydrogens (tertiary/aromatic N) is 3. The molecular weight excluding hydrogens is 190 g/mol. The molecule has 0 bridgehead atoms. The van der Waals surface area contributed by atoms with Crippen molar-refractivity contribution in [3.63, 3.8) is 0 Å². The molecule has 2 aromatic heterocycles. The zero-order valence-electron chi connectivity index (χ0n) is 8.90. The Balaban J connectivity index is 2.91. The van der Waals surface area contributed by atoms with Crippen LogP contribution in [-0.4, -0.2) is 16.5 Å². The Morgan fingerprint density at radius 3 is 2.73 bits per heavy atom. The standard InChI is InChI=1S/C11H11N3O/c1-7-5-14-6-8(2)13-11(14)9(4-12)10(7)15-3/h5-6H,1-3H3. The van der Waals surface area contributed by atoms with Gasteiger partial charge in [-0.1, -0.05) is 0 Å². The van der Waals surface area contributed by atoms with Crippen LogP contribution in [0.4, 0.5) is 0 Å². The van der Waals surface area contributed by atoms with Gasteiger partial charge in [0.2, 0.25) is 0 Å². The van der Waals surface area contributed by atoms with E-state index in [-0.39, 0.29) is 0 Å². The largest absolute Gasteiger partial charge is 0.495 e. The summed E-state index contributed by atoms with van der Waals surface area (Å²) in [6.07, 6.45) is 3.80. The predicted molar refractivity (Wildman–Crippen MR) is 55.9 cm³/mol. The monoisotopic (exact) mass is 201 g/mol. The SMILES string of the molecule is COc1c(C)cn2cc(C)nc2c1C#N. The van der Waals surface area contributed by atoms with Crippen molar-refractivity contribution in [1.82, 2.24) is 9.38 Å². The van der Waals surface area contributed by atoms with Crippen LogP contribution in [0.25, 0.3) is 5.65 Å². The van der Waals surface area contributed by atoms with Crippen molar-refractivity contribution in [3.05, 3.63) is 29.2 Å². The molecule has 15 heavy (non-hydrogen) atoms. The van der Waals surface area contributed by atoms with Crippen molar-refractivity contribution in [2.75, 3.05) is 7.11 Å². The van der Waals surface area contributed by atoms with E-state index in [9.17, 15) is 0 Å². The molecule has 2 aromatic rings. The summed E-state index contributed by atoms with van der Waals surface area (Å²) in [5, 5.41) is 9.10. The summed E-state index contributed by atoms with van der Waals surface area (Å²) in [5.74, 6) is 0.607. The number of methoxy groups -OCH3 is 1. The number of pyridine rings is 1. The van der Waals surface area contributed by atoms with Crippen molar-refractivity contribution in [1.29, 1.82) is 5.26 Å². The zero-order valence-corrected chi connectivity index (χ0v) is 8.90. The Bertz CT molecular complexity index is 563. The summed E-state index contributed by atoms with van der Waals surface area (Å²) in [6, 6.07) is 2.14. The van der Waals surface area contributed by atoms with Crippen LogP contribution in [0.1, 0.15) is 16.8 Å². The molecule has 0 saturated carbocycles. The maximum Gasteiger partial charge on any atom is 0.158 e. The third-order valence-corrected chi connectivity index (χ3v) is 2.31. The van der Waals surface area contributed by atoms with Crippen LogP contribution in [0.15, 0.2) is 12.4 Å². The van der Waals surface area contributed by atoms with Crippen LogP contribution >= 0.6 is 0 Å². The second-order valence-electron chi connectivity index (χ2n) is 3.45. The van der Waals surface area contributed by atoms with Gasteiger partial charge in [-0.3, -0.25) is 0 Å². The van der Waals surface area contributed by atoms with Crippen LogP contribution in [0, 0.1) is 25.2 Å². The van der Waals surface area contributed by atoms with Gasteiger partial charge in [0.25, 0.3) is 0 Å². The highest BCUT2D eigenvalue weighted by atomic mass is 16.5. The molecule has 0 aliphatic carbocycles. The summed E-state index contributed by atoms with van der Waals surface area (Å²) < 4.78 is 7.06. The second kappa shape index (κ2) is 3.28. The topological polar surface area (TPSA) is 50.3 Å². The molecule has 0 atom stereocenters. The minimum absolute atomic E-state index is 0.491. The van der Waals surface area contributed by atoms with Gasteiger partial charge < -0.3 is 9.14 Å². The fourth-order valence-corrected chi connectivity index (χ4v) is 1.73. The minimum Gasteiger partial charge on any atom is -0.495 e. The molecule has 0 aromatic carbocycles. The van der Waals surface area contributed by atoms with Crippen molar-refractivity contribution >= 4 is 5.65 Å². The van der Waals surface area contributed by atoms with Crippen LogP contribution in [0.2, 0.25) is 0 Å². The molecule has 0 aliphatic heterocycles. The molecule has 2 heterocycles. The second-order valence-corrected chi connectivity index (χ2v) is 3.45. The van der Waals surface area contributed by atoms with Gasteiger partial charge in [-0.25, -0.2) is 4.98 Å². The van der Waals surface area contributed by atoms with Gasteiger partial charge >= 0.3 is 0 Å². The van der Waals surface area contributed by atoms with E-state index in [4.69, 9.17) is 10.00 Å². The van der Waals surface area contributed by atoms with Gasteiger partial charge in [0, 0.05) is 18.0 Å². The average Bonchev–Trinajstić information content (AvgIpc) is 2.55. The lowest BCUT2D eigenvalue weighted by atomic mass is 10.2. The Kier molecular flexibility index (Phi) is 2.09. The highest BCUT2D eigenvalue weighted by Crippen LogP contribution is 2.26. The van der Waals surface area contributed by atoms with E-state index in [2.05, 4.69) is 11.1 Å². The summed E-state index contributed by atoms with van der Waals surface area (Å²) in [4.78, 5) is 4.29. The normalized spacial score (nSPS) is 10.3. The molecule has 0 radical (unpaired) electrons. The minimum atomic E-state index is 0.491. The van der Waals surface area contributed by atoms with Gasteiger partial charge in [-0.05, 0) is 13.8 Å². The molecule has 76 valence electrons. The first-order valence-electron chi connectivity index (χ1n) is 4.60. The molecule has 4 heteroatoms. The first-order valence-corrected chi connectivity index (χ1v) is 4.60. The summed E-state index contributed by atoms with van der Waals surface area (Å²) >= 11 is 0. The van der Waals surface area contributed by atoms with E-state index in [0.29, 0.717) is 17.0 Å². The van der Waals surface area contributed by atoms with E-state index in [1.165, 1.54) is 0 Å². The number of aryl methyl sites for hydroxylation is 2. The maximum atomic E-state index is 9.10. The number of fused-ring (bicyclic) bond motifs is 1. The van der Waals surface area contributed by atoms with Gasteiger partial charge in [-0.15, -0.1) is 0 Å². The third-order valence-electron chi connectivity index (χ3n) is 2.31. The van der Waals surface area contributed by atoms with Crippen molar-refractivity contribution in [3.8, 4) is 11.8 Å². The molecule has 4 nitrogen and oxygen atoms in total. The quantitative estimate of drug-likeness (QED) is 0.707. The van der Waals surface area contributed by atoms with Crippen LogP contribution < -0.4 is 4.74 Å². The molecule has 0 spiro atoms. The van der Waals surface area contributed by atoms with Crippen LogP contribution in [0.3, 0.4) is 0 Å². The highest BCUT2D eigenvalue weighted by molar-refractivity contribution is 5.64. The first kappa shape index (κ1) is 9.53. The fraction of sp³-hybridized carbons (Fsp3) is 0.273. The number of hydrogen-bond donors (Lipinski definition) is 0. The van der Waals surface area contributed by atoms with Gasteiger partial charge in [-0.2, -0.15) is 5.26 Å². The number of nitriles is 1. The van der Waals surface area contributed by atoms with Crippen molar-refractivity contribution in [2.24, 2.45) is 0 Å². The number of imidazole rings is 1. The third kappa shape index (κ3) is 1.33. The average molecular weight is 201 g/mol. The Morgan fingerprint density at radius 1 is 1.40 bits per heavy atom. The maximum absolute atomic E-state index is 9.10. The molecule has 0 fully saturated rings. The number of ether oxygens (including phenoxy) is 1. The lowest BCUT2D eigenvalue weighted by Gasteiger charge is -2.07.